The number of carbonyl (C=O) groups is 2. The van der Waals surface area contributed by atoms with E-state index in [-0.39, 0.29) is 38.6 Å². The summed E-state index contributed by atoms with van der Waals surface area (Å²) >= 11 is 0. The highest BCUT2D eigenvalue weighted by atomic mass is 31.2. The lowest BCUT2D eigenvalue weighted by molar-refractivity contribution is -0.161. The molecular weight excluding hydrogens is 689 g/mol. The smallest absolute Gasteiger partial charge is 0.462 e. The van der Waals surface area contributed by atoms with Gasteiger partial charge in [-0.1, -0.05) is 165 Å². The number of nitrogens with two attached hydrogens (primary N) is 1. The molecule has 0 amide bonds. The van der Waals surface area contributed by atoms with E-state index in [1.165, 1.54) is 77.0 Å². The molecule has 0 aromatic rings. The Kier molecular flexibility index (Phi) is 38.1. The SMILES string of the molecule is CC/C=C\C/C=C\C/C=C\C/C=C\CCCCCCCCCCCCC(=O)OC(COC(=O)CCCCCCCCCCC)COP(=O)(O)OCCN. The van der Waals surface area contributed by atoms with Gasteiger partial charge in [-0.25, -0.2) is 4.57 Å². The molecule has 308 valence electrons. The summed E-state index contributed by atoms with van der Waals surface area (Å²) in [7, 11) is -4.37. The molecule has 0 aromatic heterocycles. The number of allylic oxidation sites excluding steroid dienone is 8. The number of esters is 2. The van der Waals surface area contributed by atoms with Crippen LogP contribution in [0.1, 0.15) is 181 Å². The summed E-state index contributed by atoms with van der Waals surface area (Å²) in [5.41, 5.74) is 5.34. The van der Waals surface area contributed by atoms with Gasteiger partial charge in [0.1, 0.15) is 6.61 Å². The molecule has 3 N–H and O–H groups in total. The lowest BCUT2D eigenvalue weighted by Gasteiger charge is -2.19. The molecule has 0 fully saturated rings. The normalized spacial score (nSPS) is 13.8. The molecule has 2 atom stereocenters. The monoisotopic (exact) mass is 768 g/mol. The molecule has 9 nitrogen and oxygen atoms in total. The topological polar surface area (TPSA) is 134 Å². The molecule has 0 aliphatic carbocycles. The molecule has 0 saturated carbocycles. The van der Waals surface area contributed by atoms with Crippen LogP contribution in [0.2, 0.25) is 0 Å². The summed E-state index contributed by atoms with van der Waals surface area (Å²) in [4.78, 5) is 34.7. The molecule has 0 bridgehead atoms. The third kappa shape index (κ3) is 39.5. The predicted molar refractivity (Wildman–Crippen MR) is 220 cm³/mol. The van der Waals surface area contributed by atoms with E-state index in [1.54, 1.807) is 0 Å². The number of phosphoric acid groups is 1. The van der Waals surface area contributed by atoms with Gasteiger partial charge in [0.25, 0.3) is 0 Å². The predicted octanol–water partition coefficient (Wildman–Crippen LogP) is 11.9. The second-order valence-corrected chi connectivity index (χ2v) is 15.3. The fraction of sp³-hybridized carbons (Fsp3) is 0.767. The van der Waals surface area contributed by atoms with Gasteiger partial charge in [-0.15, -0.1) is 0 Å². The van der Waals surface area contributed by atoms with Gasteiger partial charge in [0.05, 0.1) is 13.2 Å². The van der Waals surface area contributed by atoms with E-state index in [0.717, 1.165) is 70.6 Å². The number of hydrogen-bond donors (Lipinski definition) is 2. The summed E-state index contributed by atoms with van der Waals surface area (Å²) < 4.78 is 32.7. The zero-order chi connectivity index (χ0) is 38.9. The second kappa shape index (κ2) is 39.7. The second-order valence-electron chi connectivity index (χ2n) is 13.8. The minimum absolute atomic E-state index is 0.0521. The van der Waals surface area contributed by atoms with Crippen LogP contribution in [0, 0.1) is 0 Å². The lowest BCUT2D eigenvalue weighted by Crippen LogP contribution is -2.29. The first-order valence-electron chi connectivity index (χ1n) is 21.1. The summed E-state index contributed by atoms with van der Waals surface area (Å²) in [6.07, 6.45) is 44.4. The van der Waals surface area contributed by atoms with Crippen molar-refractivity contribution in [2.45, 2.75) is 187 Å². The zero-order valence-corrected chi connectivity index (χ0v) is 34.6. The van der Waals surface area contributed by atoms with Gasteiger partial charge < -0.3 is 20.1 Å². The Bertz CT molecular complexity index is 1010. The van der Waals surface area contributed by atoms with Crippen LogP contribution in [0.3, 0.4) is 0 Å². The van der Waals surface area contributed by atoms with Gasteiger partial charge in [-0.2, -0.15) is 0 Å². The van der Waals surface area contributed by atoms with Gasteiger partial charge in [0.15, 0.2) is 6.10 Å². The molecule has 0 rings (SSSR count). The van der Waals surface area contributed by atoms with E-state index >= 15 is 0 Å². The van der Waals surface area contributed by atoms with E-state index in [4.69, 9.17) is 24.3 Å². The molecule has 0 saturated heterocycles. The third-order valence-electron chi connectivity index (χ3n) is 8.73. The molecule has 0 radical (unpaired) electrons. The number of hydrogen-bond acceptors (Lipinski definition) is 8. The largest absolute Gasteiger partial charge is 0.472 e. The van der Waals surface area contributed by atoms with Crippen LogP contribution in [0.15, 0.2) is 48.6 Å². The quantitative estimate of drug-likeness (QED) is 0.0271. The summed E-state index contributed by atoms with van der Waals surface area (Å²) in [5, 5.41) is 0. The fourth-order valence-electron chi connectivity index (χ4n) is 5.62. The van der Waals surface area contributed by atoms with Crippen molar-refractivity contribution in [1.29, 1.82) is 0 Å². The Hall–Kier alpha value is -2.03. The van der Waals surface area contributed by atoms with E-state index < -0.39 is 26.5 Å². The summed E-state index contributed by atoms with van der Waals surface area (Å²) in [6.45, 7) is 3.59. The van der Waals surface area contributed by atoms with Crippen LogP contribution in [-0.2, 0) is 32.7 Å². The number of phosphoric ester groups is 1. The highest BCUT2D eigenvalue weighted by Crippen LogP contribution is 2.43. The third-order valence-corrected chi connectivity index (χ3v) is 9.71. The van der Waals surface area contributed by atoms with Crippen molar-refractivity contribution >= 4 is 19.8 Å². The maximum absolute atomic E-state index is 12.6. The molecule has 10 heteroatoms. The van der Waals surface area contributed by atoms with Crippen LogP contribution >= 0.6 is 7.82 Å². The maximum Gasteiger partial charge on any atom is 0.472 e. The fourth-order valence-corrected chi connectivity index (χ4v) is 6.39. The number of ether oxygens (including phenoxy) is 2. The first kappa shape index (κ1) is 51.0. The molecule has 0 heterocycles. The Morgan fingerprint density at radius 3 is 1.55 bits per heavy atom. The first-order valence-corrected chi connectivity index (χ1v) is 22.6. The highest BCUT2D eigenvalue weighted by molar-refractivity contribution is 7.47. The van der Waals surface area contributed by atoms with Gasteiger partial charge in [0.2, 0.25) is 0 Å². The average Bonchev–Trinajstić information content (AvgIpc) is 3.14. The van der Waals surface area contributed by atoms with Crippen LogP contribution in [0.4, 0.5) is 0 Å². The molecule has 2 unspecified atom stereocenters. The maximum atomic E-state index is 12.6. The summed E-state index contributed by atoms with van der Waals surface area (Å²) in [5.74, 6) is -0.836. The highest BCUT2D eigenvalue weighted by Gasteiger charge is 2.26. The van der Waals surface area contributed by atoms with Gasteiger partial charge >= 0.3 is 19.8 Å². The number of rotatable bonds is 39. The van der Waals surface area contributed by atoms with Crippen LogP contribution in [0.25, 0.3) is 0 Å². The Morgan fingerprint density at radius 2 is 1.04 bits per heavy atom. The molecule has 0 aliphatic rings. The van der Waals surface area contributed by atoms with E-state index in [2.05, 4.69) is 62.5 Å². The molecule has 53 heavy (non-hydrogen) atoms. The summed E-state index contributed by atoms with van der Waals surface area (Å²) in [6, 6.07) is 0. The van der Waals surface area contributed by atoms with Crippen LogP contribution in [-0.4, -0.2) is 49.3 Å². The first-order chi connectivity index (χ1) is 25.8. The van der Waals surface area contributed by atoms with Crippen LogP contribution in [0.5, 0.6) is 0 Å². The Labute approximate surface area is 324 Å². The molecule has 0 aliphatic heterocycles. The number of unbranched alkanes of at least 4 members (excludes halogenated alkanes) is 18. The van der Waals surface area contributed by atoms with Crippen molar-refractivity contribution < 1.29 is 37.6 Å². The zero-order valence-electron chi connectivity index (χ0n) is 33.7. The van der Waals surface area contributed by atoms with Crippen molar-refractivity contribution in [3.8, 4) is 0 Å². The Balaban J connectivity index is 4.07. The van der Waals surface area contributed by atoms with E-state index in [1.807, 2.05) is 0 Å². The van der Waals surface area contributed by atoms with Gasteiger partial charge in [-0.05, 0) is 51.4 Å². The van der Waals surface area contributed by atoms with Crippen molar-refractivity contribution in [3.05, 3.63) is 48.6 Å². The average molecular weight is 768 g/mol. The van der Waals surface area contributed by atoms with Gasteiger partial charge in [-0.3, -0.25) is 18.6 Å². The number of carbonyl (C=O) groups excluding carboxylic acids is 2. The van der Waals surface area contributed by atoms with Crippen LogP contribution < -0.4 is 5.73 Å². The minimum atomic E-state index is -4.37. The van der Waals surface area contributed by atoms with Crippen molar-refractivity contribution in [2.24, 2.45) is 5.73 Å². The minimum Gasteiger partial charge on any atom is -0.462 e. The van der Waals surface area contributed by atoms with Crippen molar-refractivity contribution in [1.82, 2.24) is 0 Å². The lowest BCUT2D eigenvalue weighted by atomic mass is 10.0. The molecular formula is C43H78NO8P. The molecule has 0 aromatic carbocycles. The Morgan fingerprint density at radius 1 is 0.585 bits per heavy atom. The van der Waals surface area contributed by atoms with Gasteiger partial charge in [0, 0.05) is 19.4 Å². The van der Waals surface area contributed by atoms with Crippen molar-refractivity contribution in [2.75, 3.05) is 26.4 Å². The standard InChI is InChI=1S/C43H78NO8P/c1-3-5-7-9-11-13-14-15-16-17-18-19-20-21-22-23-24-25-26-28-30-32-34-36-43(46)52-41(40-51-53(47,48)50-38-37-44)39-49-42(45)35-33-31-29-27-12-10-8-6-4-2/h5,7,11,13,15-16,18-19,41H,3-4,6,8-10,12,14,17,20-40,44H2,1-2H3,(H,47,48)/b7-5-,13-11-,16-15-,19-18-. The van der Waals surface area contributed by atoms with E-state index in [9.17, 15) is 19.0 Å². The van der Waals surface area contributed by atoms with E-state index in [0.29, 0.717) is 6.42 Å². The molecule has 0 spiro atoms. The van der Waals surface area contributed by atoms with Crippen molar-refractivity contribution in [3.63, 3.8) is 0 Å².